The van der Waals surface area contributed by atoms with Crippen LogP contribution in [0.25, 0.3) is 0 Å². The van der Waals surface area contributed by atoms with Crippen LogP contribution in [0.3, 0.4) is 0 Å². The number of likely N-dealkylation sites (tertiary alicyclic amines) is 1. The van der Waals surface area contributed by atoms with Gasteiger partial charge in [-0.1, -0.05) is 0 Å². The molecule has 8 heteroatoms. The zero-order valence-corrected chi connectivity index (χ0v) is 15.4. The fourth-order valence-corrected chi connectivity index (χ4v) is 3.65. The number of anilines is 1. The second-order valence-corrected chi connectivity index (χ2v) is 7.41. The first-order valence-corrected chi connectivity index (χ1v) is 9.36. The van der Waals surface area contributed by atoms with Crippen molar-refractivity contribution in [2.75, 3.05) is 31.1 Å². The molecule has 0 aliphatic carbocycles. The fraction of sp³-hybridized carbons (Fsp3) is 0.778. The topological polar surface area (TPSA) is 41.5 Å². The first kappa shape index (κ1) is 19.4. The van der Waals surface area contributed by atoms with E-state index in [1.165, 1.54) is 6.20 Å². The van der Waals surface area contributed by atoms with Crippen LogP contribution in [-0.2, 0) is 10.9 Å². The molecule has 3 heterocycles. The lowest BCUT2D eigenvalue weighted by Gasteiger charge is -2.38. The maximum absolute atomic E-state index is 12.6. The van der Waals surface area contributed by atoms with Crippen LogP contribution in [0.15, 0.2) is 12.4 Å². The van der Waals surface area contributed by atoms with Gasteiger partial charge in [-0.05, 0) is 39.5 Å². The van der Waals surface area contributed by atoms with Crippen molar-refractivity contribution >= 4 is 5.82 Å². The SMILES string of the molecule is CC(C)N1CCC(OC2CCN(c3cnc(C(F)(F)F)cn3)CC2)CC1. The number of hydrogen-bond acceptors (Lipinski definition) is 5. The maximum Gasteiger partial charge on any atom is 0.434 e. The highest BCUT2D eigenvalue weighted by atomic mass is 19.4. The summed E-state index contributed by atoms with van der Waals surface area (Å²) >= 11 is 0. The van der Waals surface area contributed by atoms with Crippen molar-refractivity contribution < 1.29 is 17.9 Å². The minimum absolute atomic E-state index is 0.226. The summed E-state index contributed by atoms with van der Waals surface area (Å²) < 4.78 is 44.0. The number of rotatable bonds is 4. The molecule has 0 atom stereocenters. The average Bonchev–Trinajstić information content (AvgIpc) is 2.62. The standard InChI is InChI=1S/C18H27F3N4O/c1-13(2)24-7-3-14(4-8-24)26-15-5-9-25(10-6-15)17-12-22-16(11-23-17)18(19,20)21/h11-15H,3-10H2,1-2H3. The van der Waals surface area contributed by atoms with Crippen molar-refractivity contribution in [3.63, 3.8) is 0 Å². The van der Waals surface area contributed by atoms with E-state index in [1.807, 2.05) is 4.90 Å². The normalized spacial score (nSPS) is 21.5. The Morgan fingerprint density at radius 3 is 2.00 bits per heavy atom. The second-order valence-electron chi connectivity index (χ2n) is 7.41. The predicted octanol–water partition coefficient (Wildman–Crippen LogP) is 3.35. The van der Waals surface area contributed by atoms with E-state index in [-0.39, 0.29) is 6.10 Å². The minimum Gasteiger partial charge on any atom is -0.375 e. The van der Waals surface area contributed by atoms with E-state index in [4.69, 9.17) is 4.74 Å². The van der Waals surface area contributed by atoms with Gasteiger partial charge < -0.3 is 14.5 Å². The lowest BCUT2D eigenvalue weighted by molar-refractivity contribution is -0.141. The first-order valence-electron chi connectivity index (χ1n) is 9.36. The van der Waals surface area contributed by atoms with Crippen molar-refractivity contribution in [2.45, 2.75) is 64.0 Å². The molecule has 146 valence electrons. The molecule has 3 rings (SSSR count). The lowest BCUT2D eigenvalue weighted by atomic mass is 10.0. The highest BCUT2D eigenvalue weighted by Crippen LogP contribution is 2.28. The Hall–Kier alpha value is -1.41. The molecule has 0 unspecified atom stereocenters. The third kappa shape index (κ3) is 4.85. The number of halogens is 3. The van der Waals surface area contributed by atoms with Gasteiger partial charge >= 0.3 is 6.18 Å². The summed E-state index contributed by atoms with van der Waals surface area (Å²) in [6.45, 7) is 8.08. The number of ether oxygens (including phenoxy) is 1. The van der Waals surface area contributed by atoms with Gasteiger partial charge in [-0.25, -0.2) is 9.97 Å². The molecule has 0 radical (unpaired) electrons. The lowest BCUT2D eigenvalue weighted by Crippen LogP contribution is -2.44. The fourth-order valence-electron chi connectivity index (χ4n) is 3.65. The molecular formula is C18H27F3N4O. The van der Waals surface area contributed by atoms with Gasteiger partial charge in [-0.3, -0.25) is 0 Å². The van der Waals surface area contributed by atoms with Crippen molar-refractivity contribution in [1.82, 2.24) is 14.9 Å². The van der Waals surface area contributed by atoms with Crippen LogP contribution in [0.1, 0.15) is 45.2 Å². The highest BCUT2D eigenvalue weighted by molar-refractivity contribution is 5.36. The van der Waals surface area contributed by atoms with Gasteiger partial charge in [-0.2, -0.15) is 13.2 Å². The van der Waals surface area contributed by atoms with Gasteiger partial charge in [0.1, 0.15) is 5.82 Å². The molecule has 2 fully saturated rings. The van der Waals surface area contributed by atoms with Crippen molar-refractivity contribution in [1.29, 1.82) is 0 Å². The van der Waals surface area contributed by atoms with E-state index in [1.54, 1.807) is 0 Å². The molecule has 0 saturated carbocycles. The van der Waals surface area contributed by atoms with E-state index in [2.05, 4.69) is 28.7 Å². The van der Waals surface area contributed by atoms with Crippen LogP contribution >= 0.6 is 0 Å². The van der Waals surface area contributed by atoms with Crippen molar-refractivity contribution in [2.24, 2.45) is 0 Å². The van der Waals surface area contributed by atoms with Crippen molar-refractivity contribution in [3.05, 3.63) is 18.1 Å². The summed E-state index contributed by atoms with van der Waals surface area (Å²) in [4.78, 5) is 11.9. The van der Waals surface area contributed by atoms with E-state index in [9.17, 15) is 13.2 Å². The van der Waals surface area contributed by atoms with Gasteiger partial charge in [-0.15, -0.1) is 0 Å². The Balaban J connectivity index is 1.44. The number of alkyl halides is 3. The van der Waals surface area contributed by atoms with Gasteiger partial charge in [0.2, 0.25) is 0 Å². The first-order chi connectivity index (χ1) is 12.3. The molecule has 0 bridgehead atoms. The van der Waals surface area contributed by atoms with Crippen LogP contribution in [-0.4, -0.2) is 59.3 Å². The summed E-state index contributed by atoms with van der Waals surface area (Å²) in [5, 5.41) is 0. The summed E-state index contributed by atoms with van der Waals surface area (Å²) in [5.74, 6) is 0.502. The predicted molar refractivity (Wildman–Crippen MR) is 93.1 cm³/mol. The van der Waals surface area contributed by atoms with Crippen molar-refractivity contribution in [3.8, 4) is 0 Å². The molecule has 26 heavy (non-hydrogen) atoms. The quantitative estimate of drug-likeness (QED) is 0.811. The molecule has 0 amide bonds. The van der Waals surface area contributed by atoms with Gasteiger partial charge in [0.25, 0.3) is 0 Å². The molecule has 2 aliphatic rings. The second kappa shape index (κ2) is 8.08. The molecule has 2 saturated heterocycles. The Morgan fingerprint density at radius 1 is 0.962 bits per heavy atom. The Morgan fingerprint density at radius 2 is 1.54 bits per heavy atom. The highest BCUT2D eigenvalue weighted by Gasteiger charge is 2.33. The summed E-state index contributed by atoms with van der Waals surface area (Å²) in [6, 6.07) is 0.587. The average molecular weight is 372 g/mol. The molecule has 0 aromatic carbocycles. The Kier molecular flexibility index (Phi) is 6.02. The largest absolute Gasteiger partial charge is 0.434 e. The molecule has 0 spiro atoms. The molecule has 5 nitrogen and oxygen atoms in total. The molecular weight excluding hydrogens is 345 g/mol. The smallest absolute Gasteiger partial charge is 0.375 e. The number of nitrogens with zero attached hydrogens (tertiary/aromatic N) is 4. The minimum atomic E-state index is -4.45. The van der Waals surface area contributed by atoms with Gasteiger partial charge in [0, 0.05) is 32.2 Å². The Labute approximate surface area is 152 Å². The number of hydrogen-bond donors (Lipinski definition) is 0. The van der Waals surface area contributed by atoms with Crippen LogP contribution in [0.5, 0.6) is 0 Å². The molecule has 0 N–H and O–H groups in total. The van der Waals surface area contributed by atoms with Crippen LogP contribution in [0, 0.1) is 0 Å². The van der Waals surface area contributed by atoms with Gasteiger partial charge in [0.15, 0.2) is 5.69 Å². The third-order valence-electron chi connectivity index (χ3n) is 5.29. The van der Waals surface area contributed by atoms with E-state index < -0.39 is 11.9 Å². The summed E-state index contributed by atoms with van der Waals surface area (Å²) in [6.07, 6.45) is 2.01. The molecule has 2 aliphatic heterocycles. The van der Waals surface area contributed by atoms with E-state index in [0.717, 1.165) is 58.1 Å². The van der Waals surface area contributed by atoms with Crippen LogP contribution in [0.4, 0.5) is 19.0 Å². The molecule has 1 aromatic heterocycles. The zero-order valence-electron chi connectivity index (χ0n) is 15.4. The summed E-state index contributed by atoms with van der Waals surface area (Å²) in [7, 11) is 0. The monoisotopic (exact) mass is 372 g/mol. The number of aromatic nitrogens is 2. The Bertz CT molecular complexity index is 563. The molecule has 1 aromatic rings. The summed E-state index contributed by atoms with van der Waals surface area (Å²) in [5.41, 5.74) is -0.952. The third-order valence-corrected chi connectivity index (χ3v) is 5.29. The number of piperidine rings is 2. The van der Waals surface area contributed by atoms with Crippen LogP contribution < -0.4 is 4.90 Å². The van der Waals surface area contributed by atoms with Gasteiger partial charge in [0.05, 0.1) is 24.6 Å². The van der Waals surface area contributed by atoms with Crippen LogP contribution in [0.2, 0.25) is 0 Å². The maximum atomic E-state index is 12.6. The van der Waals surface area contributed by atoms with E-state index in [0.29, 0.717) is 18.0 Å². The van der Waals surface area contributed by atoms with E-state index >= 15 is 0 Å². The zero-order chi connectivity index (χ0) is 18.7.